The maximum atomic E-state index is 13.7. The lowest BCUT2D eigenvalue weighted by molar-refractivity contribution is -0.134. The second-order valence-electron chi connectivity index (χ2n) is 10.1. The Labute approximate surface area is 220 Å². The largest absolute Gasteiger partial charge is 0.497 e. The second-order valence-corrected chi connectivity index (χ2v) is 10.1. The summed E-state index contributed by atoms with van der Waals surface area (Å²) in [7, 11) is 1.67. The van der Waals surface area contributed by atoms with E-state index in [0.717, 1.165) is 55.3 Å². The zero-order valence-corrected chi connectivity index (χ0v) is 22.1. The molecule has 0 aliphatic carbocycles. The first-order valence-electron chi connectivity index (χ1n) is 13.1. The van der Waals surface area contributed by atoms with Gasteiger partial charge in [-0.15, -0.1) is 0 Å². The minimum absolute atomic E-state index is 0.0460. The van der Waals surface area contributed by atoms with Gasteiger partial charge < -0.3 is 4.74 Å². The summed E-state index contributed by atoms with van der Waals surface area (Å²) in [5.41, 5.74) is 6.84. The van der Waals surface area contributed by atoms with Crippen LogP contribution in [0.2, 0.25) is 0 Å². The number of methoxy groups -OCH3 is 1. The molecule has 1 amide bonds. The second kappa shape index (κ2) is 11.3. The topological polar surface area (TPSA) is 48.4 Å². The van der Waals surface area contributed by atoms with E-state index in [9.17, 15) is 4.79 Å². The summed E-state index contributed by atoms with van der Waals surface area (Å²) in [4.78, 5) is 18.4. The summed E-state index contributed by atoms with van der Waals surface area (Å²) in [5, 5.41) is 6.66. The van der Waals surface area contributed by atoms with E-state index in [2.05, 4.69) is 78.2 Å². The highest BCUT2D eigenvalue weighted by molar-refractivity contribution is 6.04. The highest BCUT2D eigenvalue weighted by Gasteiger charge is 2.34. The summed E-state index contributed by atoms with van der Waals surface area (Å²) in [5.74, 6) is 0.837. The van der Waals surface area contributed by atoms with Crippen LogP contribution in [0.4, 0.5) is 0 Å². The average molecular weight is 497 g/mol. The molecule has 2 aliphatic heterocycles. The van der Waals surface area contributed by atoms with E-state index in [0.29, 0.717) is 13.0 Å². The van der Waals surface area contributed by atoms with E-state index in [1.165, 1.54) is 16.7 Å². The molecule has 2 aliphatic rings. The molecule has 0 radical (unpaired) electrons. The van der Waals surface area contributed by atoms with Crippen LogP contribution in [0.3, 0.4) is 0 Å². The number of hydrogen-bond acceptors (Lipinski definition) is 5. The average Bonchev–Trinajstić information content (AvgIpc) is 3.37. The number of amides is 1. The van der Waals surface area contributed by atoms with Gasteiger partial charge in [0.25, 0.3) is 5.91 Å². The predicted octanol–water partition coefficient (Wildman–Crippen LogP) is 4.81. The number of carbonyl (C=O) groups excluding carboxylic acids is 1. The number of hydrogen-bond donors (Lipinski definition) is 0. The van der Waals surface area contributed by atoms with Gasteiger partial charge in [-0.05, 0) is 48.7 Å². The number of aryl methyl sites for hydroxylation is 2. The van der Waals surface area contributed by atoms with E-state index in [1.54, 1.807) is 12.1 Å². The monoisotopic (exact) mass is 496 g/mol. The Bertz CT molecular complexity index is 1270. The van der Waals surface area contributed by atoms with Crippen molar-refractivity contribution in [2.75, 3.05) is 39.8 Å². The SMILES string of the molecule is COc1cccc(C2CC(c3cc(C)ccc3C)=NN2C(=O)CN2CCN(Cc3ccccc3)CC2)c1. The summed E-state index contributed by atoms with van der Waals surface area (Å²) in [6.45, 7) is 9.21. The van der Waals surface area contributed by atoms with Crippen molar-refractivity contribution in [3.05, 3.63) is 101 Å². The molecule has 6 heteroatoms. The minimum Gasteiger partial charge on any atom is -0.497 e. The van der Waals surface area contributed by atoms with E-state index < -0.39 is 0 Å². The zero-order valence-electron chi connectivity index (χ0n) is 22.1. The van der Waals surface area contributed by atoms with Crippen molar-refractivity contribution in [1.82, 2.24) is 14.8 Å². The summed E-state index contributed by atoms with van der Waals surface area (Å²) in [6, 6.07) is 24.9. The third kappa shape index (κ3) is 5.92. The Kier molecular flexibility index (Phi) is 7.68. The molecule has 0 saturated carbocycles. The van der Waals surface area contributed by atoms with Crippen molar-refractivity contribution < 1.29 is 9.53 Å². The van der Waals surface area contributed by atoms with E-state index >= 15 is 0 Å². The van der Waals surface area contributed by atoms with E-state index in [4.69, 9.17) is 9.84 Å². The Morgan fingerprint density at radius 3 is 2.43 bits per heavy atom. The lowest BCUT2D eigenvalue weighted by Crippen LogP contribution is -2.49. The number of carbonyl (C=O) groups is 1. The van der Waals surface area contributed by atoms with Crippen LogP contribution < -0.4 is 4.74 Å². The third-order valence-electron chi connectivity index (χ3n) is 7.42. The summed E-state index contributed by atoms with van der Waals surface area (Å²) < 4.78 is 5.48. The van der Waals surface area contributed by atoms with Gasteiger partial charge in [-0.25, -0.2) is 5.01 Å². The molecule has 2 heterocycles. The van der Waals surface area contributed by atoms with Gasteiger partial charge in [-0.3, -0.25) is 14.6 Å². The van der Waals surface area contributed by atoms with Crippen LogP contribution in [0.5, 0.6) is 5.75 Å². The molecule has 6 nitrogen and oxygen atoms in total. The molecular formula is C31H36N4O2. The van der Waals surface area contributed by atoms with Gasteiger partial charge in [0.05, 0.1) is 25.4 Å². The Hall–Kier alpha value is -3.48. The number of piperazine rings is 1. The van der Waals surface area contributed by atoms with Gasteiger partial charge in [0.15, 0.2) is 0 Å². The zero-order chi connectivity index (χ0) is 25.8. The van der Waals surface area contributed by atoms with Crippen LogP contribution in [-0.4, -0.2) is 66.3 Å². The van der Waals surface area contributed by atoms with Crippen molar-refractivity contribution in [3.63, 3.8) is 0 Å². The molecule has 192 valence electrons. The molecule has 3 aromatic carbocycles. The lowest BCUT2D eigenvalue weighted by atomic mass is 9.95. The minimum atomic E-state index is -0.142. The molecule has 1 saturated heterocycles. The molecule has 0 spiro atoms. The Morgan fingerprint density at radius 1 is 0.919 bits per heavy atom. The first kappa shape index (κ1) is 25.2. The smallest absolute Gasteiger partial charge is 0.257 e. The lowest BCUT2D eigenvalue weighted by Gasteiger charge is -2.35. The van der Waals surface area contributed by atoms with Gasteiger partial charge in [-0.1, -0.05) is 60.2 Å². The number of ether oxygens (including phenoxy) is 1. The number of hydrazone groups is 1. The molecule has 5 rings (SSSR count). The van der Waals surface area contributed by atoms with Crippen LogP contribution in [0, 0.1) is 13.8 Å². The maximum Gasteiger partial charge on any atom is 0.257 e. The van der Waals surface area contributed by atoms with Crippen molar-refractivity contribution >= 4 is 11.6 Å². The first-order valence-corrected chi connectivity index (χ1v) is 13.1. The van der Waals surface area contributed by atoms with Crippen LogP contribution in [-0.2, 0) is 11.3 Å². The third-order valence-corrected chi connectivity index (χ3v) is 7.42. The van der Waals surface area contributed by atoms with Crippen molar-refractivity contribution in [3.8, 4) is 5.75 Å². The number of benzene rings is 3. The van der Waals surface area contributed by atoms with Gasteiger partial charge in [0, 0.05) is 44.7 Å². The molecule has 1 fully saturated rings. The quantitative estimate of drug-likeness (QED) is 0.471. The van der Waals surface area contributed by atoms with Gasteiger partial charge in [0.2, 0.25) is 0 Å². The highest BCUT2D eigenvalue weighted by Crippen LogP contribution is 2.35. The molecule has 37 heavy (non-hydrogen) atoms. The van der Waals surface area contributed by atoms with Crippen molar-refractivity contribution in [1.29, 1.82) is 0 Å². The molecular weight excluding hydrogens is 460 g/mol. The maximum absolute atomic E-state index is 13.7. The molecule has 1 atom stereocenters. The molecule has 0 bridgehead atoms. The number of nitrogens with zero attached hydrogens (tertiary/aromatic N) is 4. The summed E-state index contributed by atoms with van der Waals surface area (Å²) in [6.07, 6.45) is 0.689. The highest BCUT2D eigenvalue weighted by atomic mass is 16.5. The molecule has 3 aromatic rings. The van der Waals surface area contributed by atoms with Crippen molar-refractivity contribution in [2.45, 2.75) is 32.9 Å². The normalized spacial score (nSPS) is 18.6. The fraction of sp³-hybridized carbons (Fsp3) is 0.355. The predicted molar refractivity (Wildman–Crippen MR) is 148 cm³/mol. The van der Waals surface area contributed by atoms with E-state index in [-0.39, 0.29) is 11.9 Å². The Morgan fingerprint density at radius 2 is 1.68 bits per heavy atom. The first-order chi connectivity index (χ1) is 18.0. The van der Waals surface area contributed by atoms with Crippen molar-refractivity contribution in [2.24, 2.45) is 5.10 Å². The van der Waals surface area contributed by atoms with Crippen LogP contribution in [0.1, 0.15) is 40.3 Å². The molecule has 0 N–H and O–H groups in total. The van der Waals surface area contributed by atoms with Gasteiger partial charge >= 0.3 is 0 Å². The van der Waals surface area contributed by atoms with Crippen LogP contribution in [0.25, 0.3) is 0 Å². The van der Waals surface area contributed by atoms with Crippen LogP contribution in [0.15, 0.2) is 77.9 Å². The van der Waals surface area contributed by atoms with Crippen LogP contribution >= 0.6 is 0 Å². The van der Waals surface area contributed by atoms with Gasteiger partial charge in [0.1, 0.15) is 5.75 Å². The summed E-state index contributed by atoms with van der Waals surface area (Å²) >= 11 is 0. The Balaban J connectivity index is 1.31. The standard InChI is InChI=1S/C31H36N4O2/c1-23-12-13-24(2)28(18-23)29-20-30(26-10-7-11-27(19-26)37-3)35(32-29)31(36)22-34-16-14-33(15-17-34)21-25-8-5-4-6-9-25/h4-13,18-19,30H,14-17,20-22H2,1-3H3. The van der Waals surface area contributed by atoms with E-state index in [1.807, 2.05) is 18.2 Å². The molecule has 0 aromatic heterocycles. The number of rotatable bonds is 7. The molecule has 1 unspecified atom stereocenters. The fourth-order valence-electron chi connectivity index (χ4n) is 5.27. The van der Waals surface area contributed by atoms with Gasteiger partial charge in [-0.2, -0.15) is 5.10 Å². The fourth-order valence-corrected chi connectivity index (χ4v) is 5.27.